The Bertz CT molecular complexity index is 1140. The van der Waals surface area contributed by atoms with Gasteiger partial charge < -0.3 is 64.2 Å². The van der Waals surface area contributed by atoms with E-state index in [2.05, 4.69) is 31.2 Å². The van der Waals surface area contributed by atoms with E-state index in [1.165, 1.54) is 64.2 Å². The lowest BCUT2D eigenvalue weighted by Gasteiger charge is -2.42. The number of unbranched alkanes of at least 4 members (excludes halogenated alkanes) is 15. The number of hydrogen-bond acceptors (Lipinski definition) is 15. The van der Waals surface area contributed by atoms with Gasteiger partial charge in [0.25, 0.3) is 0 Å². The number of ether oxygens (including phenoxy) is 6. The largest absolute Gasteiger partial charge is 0.462 e. The third-order valence-corrected chi connectivity index (χ3v) is 10.7. The molecule has 0 aromatic heterocycles. The topological polar surface area (TPSA) is 231 Å². The first-order chi connectivity index (χ1) is 28.5. The summed E-state index contributed by atoms with van der Waals surface area (Å²) in [7, 11) is 0. The summed E-state index contributed by atoms with van der Waals surface area (Å²) in [4.78, 5) is 25.0. The fourth-order valence-corrected chi connectivity index (χ4v) is 6.87. The maximum atomic E-state index is 12.8. The van der Waals surface area contributed by atoms with Crippen LogP contribution < -0.4 is 0 Å². The molecule has 7 N–H and O–H groups in total. The molecular formula is C44H78O15. The van der Waals surface area contributed by atoms with Crippen molar-refractivity contribution in [3.8, 4) is 0 Å². The fourth-order valence-electron chi connectivity index (χ4n) is 6.87. The first-order valence-electron chi connectivity index (χ1n) is 22.4. The average Bonchev–Trinajstić information content (AvgIpc) is 3.23. The molecule has 2 aliphatic rings. The summed E-state index contributed by atoms with van der Waals surface area (Å²) in [6, 6.07) is 0. The zero-order valence-electron chi connectivity index (χ0n) is 35.7. The van der Waals surface area contributed by atoms with Crippen molar-refractivity contribution in [2.45, 2.75) is 216 Å². The highest BCUT2D eigenvalue weighted by Crippen LogP contribution is 2.26. The summed E-state index contributed by atoms with van der Waals surface area (Å²) in [6.07, 6.45) is 13.7. The van der Waals surface area contributed by atoms with Crippen LogP contribution in [0.5, 0.6) is 0 Å². The van der Waals surface area contributed by atoms with Gasteiger partial charge >= 0.3 is 11.9 Å². The molecule has 0 amide bonds. The van der Waals surface area contributed by atoms with Crippen LogP contribution in [-0.2, 0) is 38.0 Å². The Morgan fingerprint density at radius 1 is 0.542 bits per heavy atom. The highest BCUT2D eigenvalue weighted by Gasteiger charge is 2.47. The Hall–Kier alpha value is -2.02. The van der Waals surface area contributed by atoms with Crippen LogP contribution in [-0.4, -0.2) is 142 Å². The predicted octanol–water partition coefficient (Wildman–Crippen LogP) is 4.43. The maximum absolute atomic E-state index is 12.8. The molecule has 11 atom stereocenters. The zero-order valence-corrected chi connectivity index (χ0v) is 35.7. The van der Waals surface area contributed by atoms with E-state index in [9.17, 15) is 45.3 Å². The van der Waals surface area contributed by atoms with Crippen molar-refractivity contribution >= 4 is 11.9 Å². The smallest absolute Gasteiger partial charge is 0.306 e. The van der Waals surface area contributed by atoms with Crippen molar-refractivity contribution in [1.29, 1.82) is 0 Å². The summed E-state index contributed by atoms with van der Waals surface area (Å²) >= 11 is 0. The van der Waals surface area contributed by atoms with Crippen LogP contribution in [0.1, 0.15) is 149 Å². The fraction of sp³-hybridized carbons (Fsp3) is 0.864. The van der Waals surface area contributed by atoms with Crippen molar-refractivity contribution in [1.82, 2.24) is 0 Å². The van der Waals surface area contributed by atoms with Gasteiger partial charge in [0.1, 0.15) is 55.4 Å². The van der Waals surface area contributed by atoms with Gasteiger partial charge in [0.2, 0.25) is 0 Å². The zero-order chi connectivity index (χ0) is 43.3. The Morgan fingerprint density at radius 3 is 1.61 bits per heavy atom. The molecule has 15 nitrogen and oxygen atoms in total. The monoisotopic (exact) mass is 847 g/mol. The van der Waals surface area contributed by atoms with Gasteiger partial charge in [-0.25, -0.2) is 0 Å². The Morgan fingerprint density at radius 2 is 1.03 bits per heavy atom. The van der Waals surface area contributed by atoms with Gasteiger partial charge in [-0.15, -0.1) is 0 Å². The van der Waals surface area contributed by atoms with Gasteiger partial charge in [0.15, 0.2) is 18.7 Å². The van der Waals surface area contributed by atoms with Gasteiger partial charge in [-0.3, -0.25) is 9.59 Å². The number of carbonyl (C=O) groups excluding carboxylic acids is 2. The van der Waals surface area contributed by atoms with Gasteiger partial charge in [-0.2, -0.15) is 0 Å². The van der Waals surface area contributed by atoms with Crippen molar-refractivity contribution in [3.63, 3.8) is 0 Å². The van der Waals surface area contributed by atoms with Gasteiger partial charge in [-0.1, -0.05) is 115 Å². The predicted molar refractivity (Wildman–Crippen MR) is 220 cm³/mol. The third-order valence-electron chi connectivity index (χ3n) is 10.7. The normalized spacial score (nSPS) is 28.0. The molecule has 0 saturated carbocycles. The van der Waals surface area contributed by atoms with E-state index >= 15 is 0 Å². The summed E-state index contributed by atoms with van der Waals surface area (Å²) in [6.45, 7) is 2.28. The van der Waals surface area contributed by atoms with Crippen molar-refractivity contribution in [3.05, 3.63) is 24.3 Å². The van der Waals surface area contributed by atoms with Crippen LogP contribution >= 0.6 is 0 Å². The quantitative estimate of drug-likeness (QED) is 0.0275. The first-order valence-corrected chi connectivity index (χ1v) is 22.4. The van der Waals surface area contributed by atoms with E-state index in [-0.39, 0.29) is 26.1 Å². The lowest BCUT2D eigenvalue weighted by Crippen LogP contribution is -2.61. The SMILES string of the molecule is CCCCCCC/C=C\C/C=C\CCCCCCCCCCCC(=O)OC(COC(=O)CCCC)COC1OC(COC2OC(CO)C(O)C(O)C2O)C(O)C(O)C1O. The van der Waals surface area contributed by atoms with E-state index in [0.29, 0.717) is 12.8 Å². The summed E-state index contributed by atoms with van der Waals surface area (Å²) in [5.41, 5.74) is 0. The minimum atomic E-state index is -1.76. The van der Waals surface area contributed by atoms with Crippen molar-refractivity contribution < 1.29 is 73.8 Å². The molecule has 0 aromatic carbocycles. The van der Waals surface area contributed by atoms with Crippen LogP contribution in [0.4, 0.5) is 0 Å². The highest BCUT2D eigenvalue weighted by atomic mass is 16.7. The van der Waals surface area contributed by atoms with Gasteiger partial charge in [0, 0.05) is 12.8 Å². The standard InChI is InChI=1S/C44H78O15/c1-3-5-7-8-9-10-11-12-13-14-15-16-17-18-19-20-21-22-23-24-25-27-36(47)57-32(29-54-35(46)26-6-4-2)30-55-43-42(53)40(51)38(49)34(59-43)31-56-44-41(52)39(50)37(48)33(28-45)58-44/h11-12,14-15,32-34,37-45,48-53H,3-10,13,16-31H2,1-2H3/b12-11-,15-14-. The van der Waals surface area contributed by atoms with Crippen molar-refractivity contribution in [2.24, 2.45) is 0 Å². The molecule has 0 aromatic rings. The molecule has 15 heteroatoms. The molecule has 2 fully saturated rings. The second-order valence-corrected chi connectivity index (χ2v) is 15.9. The lowest BCUT2D eigenvalue weighted by atomic mass is 9.98. The molecule has 11 unspecified atom stereocenters. The molecule has 2 heterocycles. The minimum absolute atomic E-state index is 0.160. The van der Waals surface area contributed by atoms with E-state index in [1.807, 2.05) is 6.92 Å². The molecular weight excluding hydrogens is 768 g/mol. The second-order valence-electron chi connectivity index (χ2n) is 15.9. The molecule has 2 rings (SSSR count). The molecule has 0 aliphatic carbocycles. The molecule has 0 spiro atoms. The molecule has 59 heavy (non-hydrogen) atoms. The molecule has 2 saturated heterocycles. The molecule has 0 bridgehead atoms. The van der Waals surface area contributed by atoms with E-state index in [4.69, 9.17) is 28.4 Å². The number of aliphatic hydroxyl groups excluding tert-OH is 7. The van der Waals surface area contributed by atoms with Crippen LogP contribution in [0.25, 0.3) is 0 Å². The van der Waals surface area contributed by atoms with Crippen molar-refractivity contribution in [2.75, 3.05) is 26.4 Å². The van der Waals surface area contributed by atoms with Crippen LogP contribution in [0, 0.1) is 0 Å². The average molecular weight is 847 g/mol. The number of esters is 2. The number of aliphatic hydroxyl groups is 7. The Balaban J connectivity index is 1.70. The van der Waals surface area contributed by atoms with Crippen LogP contribution in [0.15, 0.2) is 24.3 Å². The summed E-state index contributed by atoms with van der Waals surface area (Å²) in [5.74, 6) is -0.970. The van der Waals surface area contributed by atoms with E-state index < -0.39 is 92.7 Å². The number of allylic oxidation sites excluding steroid dienone is 4. The lowest BCUT2D eigenvalue weighted by molar-refractivity contribution is -0.332. The first kappa shape index (κ1) is 53.1. The summed E-state index contributed by atoms with van der Waals surface area (Å²) < 4.78 is 33.0. The molecule has 0 radical (unpaired) electrons. The number of hydrogen-bond donors (Lipinski definition) is 7. The highest BCUT2D eigenvalue weighted by molar-refractivity contribution is 5.70. The molecule has 2 aliphatic heterocycles. The second kappa shape index (κ2) is 32.7. The van der Waals surface area contributed by atoms with Gasteiger partial charge in [0.05, 0.1) is 19.8 Å². The maximum Gasteiger partial charge on any atom is 0.306 e. The van der Waals surface area contributed by atoms with Crippen LogP contribution in [0.2, 0.25) is 0 Å². The van der Waals surface area contributed by atoms with E-state index in [1.54, 1.807) is 0 Å². The Kier molecular flexibility index (Phi) is 29.4. The number of rotatable bonds is 33. The molecule has 344 valence electrons. The van der Waals surface area contributed by atoms with Gasteiger partial charge in [-0.05, 0) is 44.9 Å². The minimum Gasteiger partial charge on any atom is -0.462 e. The van der Waals surface area contributed by atoms with E-state index in [0.717, 1.165) is 44.9 Å². The third kappa shape index (κ3) is 22.1. The van der Waals surface area contributed by atoms with Crippen LogP contribution in [0.3, 0.4) is 0 Å². The summed E-state index contributed by atoms with van der Waals surface area (Å²) in [5, 5.41) is 71.4. The number of carbonyl (C=O) groups is 2. The Labute approximate surface area is 352 Å².